The largest absolute Gasteiger partial charge is 0.366 e. The van der Waals surface area contributed by atoms with Crippen LogP contribution in [0.2, 0.25) is 5.02 Å². The molecule has 2 amide bonds. The van der Waals surface area contributed by atoms with Gasteiger partial charge in [0.1, 0.15) is 12.4 Å². The van der Waals surface area contributed by atoms with Crippen LogP contribution in [0.25, 0.3) is 11.0 Å². The molecule has 6 nitrogen and oxygen atoms in total. The molecule has 3 rings (SSSR count). The number of fused-ring (bicyclic) bond motifs is 1. The number of primary amides is 1. The van der Waals surface area contributed by atoms with E-state index in [9.17, 15) is 9.59 Å². The van der Waals surface area contributed by atoms with Gasteiger partial charge in [-0.2, -0.15) is 0 Å². The van der Waals surface area contributed by atoms with Gasteiger partial charge in [-0.3, -0.25) is 9.59 Å². The van der Waals surface area contributed by atoms with Crippen LogP contribution in [0.15, 0.2) is 42.5 Å². The summed E-state index contributed by atoms with van der Waals surface area (Å²) in [5.41, 5.74) is 7.71. The highest BCUT2D eigenvalue weighted by Gasteiger charge is 2.13. The minimum absolute atomic E-state index is 0.138. The van der Waals surface area contributed by atoms with Crippen LogP contribution >= 0.6 is 11.6 Å². The highest BCUT2D eigenvalue weighted by atomic mass is 35.5. The van der Waals surface area contributed by atoms with E-state index in [1.165, 1.54) is 12.1 Å². The number of hydrogen-bond acceptors (Lipinski definition) is 3. The molecule has 0 bridgehead atoms. The Kier molecular flexibility index (Phi) is 4.72. The second-order valence-corrected chi connectivity index (χ2v) is 5.97. The van der Waals surface area contributed by atoms with Crippen molar-refractivity contribution in [3.05, 3.63) is 58.9 Å². The van der Waals surface area contributed by atoms with E-state index in [4.69, 9.17) is 17.3 Å². The van der Waals surface area contributed by atoms with E-state index in [2.05, 4.69) is 10.3 Å². The zero-order chi connectivity index (χ0) is 18.0. The summed E-state index contributed by atoms with van der Waals surface area (Å²) in [6.45, 7) is 2.14. The van der Waals surface area contributed by atoms with Gasteiger partial charge in [0.25, 0.3) is 0 Å². The lowest BCUT2D eigenvalue weighted by molar-refractivity contribution is -0.116. The van der Waals surface area contributed by atoms with Crippen molar-refractivity contribution in [2.24, 2.45) is 5.73 Å². The molecule has 0 saturated heterocycles. The van der Waals surface area contributed by atoms with Gasteiger partial charge in [-0.15, -0.1) is 0 Å². The molecular formula is C18H17ClN4O2. The summed E-state index contributed by atoms with van der Waals surface area (Å²) >= 11 is 6.01. The van der Waals surface area contributed by atoms with Crippen LogP contribution in [0.3, 0.4) is 0 Å². The Morgan fingerprint density at radius 1 is 1.24 bits per heavy atom. The maximum atomic E-state index is 12.4. The summed E-state index contributed by atoms with van der Waals surface area (Å²) in [5.74, 6) is 0.0274. The molecule has 0 aliphatic carbocycles. The summed E-state index contributed by atoms with van der Waals surface area (Å²) < 4.78 is 1.89. The molecule has 3 N–H and O–H groups in total. The van der Waals surface area contributed by atoms with Gasteiger partial charge >= 0.3 is 0 Å². The molecule has 1 heterocycles. The first-order valence-electron chi connectivity index (χ1n) is 7.83. The van der Waals surface area contributed by atoms with Crippen molar-refractivity contribution in [1.82, 2.24) is 9.55 Å². The molecule has 2 aromatic carbocycles. The van der Waals surface area contributed by atoms with E-state index in [1.807, 2.05) is 35.8 Å². The number of nitrogens with zero attached hydrogens (tertiary/aromatic N) is 2. The van der Waals surface area contributed by atoms with Crippen LogP contribution < -0.4 is 11.1 Å². The molecule has 25 heavy (non-hydrogen) atoms. The summed E-state index contributed by atoms with van der Waals surface area (Å²) in [4.78, 5) is 28.2. The maximum Gasteiger partial charge on any atom is 0.250 e. The molecular weight excluding hydrogens is 340 g/mol. The Bertz CT molecular complexity index is 965. The van der Waals surface area contributed by atoms with Crippen LogP contribution in [0.1, 0.15) is 23.1 Å². The van der Waals surface area contributed by atoms with Crippen LogP contribution in [0.5, 0.6) is 0 Å². The van der Waals surface area contributed by atoms with E-state index >= 15 is 0 Å². The van der Waals surface area contributed by atoms with Gasteiger partial charge in [0.15, 0.2) is 0 Å². The molecule has 0 fully saturated rings. The molecule has 3 aromatic rings. The average Bonchev–Trinajstić information content (AvgIpc) is 2.92. The quantitative estimate of drug-likeness (QED) is 0.736. The zero-order valence-corrected chi connectivity index (χ0v) is 14.4. The lowest BCUT2D eigenvalue weighted by Gasteiger charge is -2.10. The number of para-hydroxylation sites is 2. The number of aromatic nitrogens is 2. The van der Waals surface area contributed by atoms with Gasteiger partial charge in [0.05, 0.1) is 21.6 Å². The summed E-state index contributed by atoms with van der Waals surface area (Å²) in [7, 11) is 0. The SMILES string of the molecule is CCc1nc2ccccc2n1CC(=O)Nc1ccc(C(N)=O)c(Cl)c1. The number of nitrogens with one attached hydrogen (secondary N) is 1. The van der Waals surface area contributed by atoms with Crippen molar-refractivity contribution >= 4 is 40.1 Å². The first kappa shape index (κ1) is 17.0. The van der Waals surface area contributed by atoms with Crippen LogP contribution in [0, 0.1) is 0 Å². The zero-order valence-electron chi connectivity index (χ0n) is 13.6. The topological polar surface area (TPSA) is 90.0 Å². The number of halogens is 1. The predicted molar refractivity (Wildman–Crippen MR) is 97.7 cm³/mol. The molecule has 0 aliphatic rings. The third-order valence-electron chi connectivity index (χ3n) is 3.87. The number of aryl methyl sites for hydroxylation is 1. The number of anilines is 1. The number of nitrogens with two attached hydrogens (primary N) is 1. The second-order valence-electron chi connectivity index (χ2n) is 5.56. The Balaban J connectivity index is 1.82. The lowest BCUT2D eigenvalue weighted by atomic mass is 10.2. The van der Waals surface area contributed by atoms with Gasteiger partial charge in [0.2, 0.25) is 11.8 Å². The van der Waals surface area contributed by atoms with Gasteiger partial charge in [0, 0.05) is 12.1 Å². The van der Waals surface area contributed by atoms with Crippen molar-refractivity contribution in [3.63, 3.8) is 0 Å². The van der Waals surface area contributed by atoms with Crippen molar-refractivity contribution < 1.29 is 9.59 Å². The highest BCUT2D eigenvalue weighted by molar-refractivity contribution is 6.34. The van der Waals surface area contributed by atoms with Crippen LogP contribution in [-0.2, 0) is 17.8 Å². The Morgan fingerprint density at radius 3 is 2.68 bits per heavy atom. The average molecular weight is 357 g/mol. The third-order valence-corrected chi connectivity index (χ3v) is 4.18. The van der Waals surface area contributed by atoms with Crippen molar-refractivity contribution in [2.45, 2.75) is 19.9 Å². The Morgan fingerprint density at radius 2 is 2.00 bits per heavy atom. The smallest absolute Gasteiger partial charge is 0.250 e. The van der Waals surface area contributed by atoms with Gasteiger partial charge in [-0.25, -0.2) is 4.98 Å². The summed E-state index contributed by atoms with van der Waals surface area (Å²) in [5, 5.41) is 2.98. The van der Waals surface area contributed by atoms with Crippen LogP contribution in [0.4, 0.5) is 5.69 Å². The molecule has 0 saturated carbocycles. The fourth-order valence-electron chi connectivity index (χ4n) is 2.71. The van der Waals surface area contributed by atoms with Crippen molar-refractivity contribution in [2.75, 3.05) is 5.32 Å². The van der Waals surface area contributed by atoms with Gasteiger partial charge < -0.3 is 15.6 Å². The second kappa shape index (κ2) is 6.94. The summed E-state index contributed by atoms with van der Waals surface area (Å²) in [6.07, 6.45) is 0.723. The molecule has 7 heteroatoms. The maximum absolute atomic E-state index is 12.4. The number of hydrogen-bond donors (Lipinski definition) is 2. The fraction of sp³-hybridized carbons (Fsp3) is 0.167. The van der Waals surface area contributed by atoms with Crippen LogP contribution in [-0.4, -0.2) is 21.4 Å². The molecule has 0 unspecified atom stereocenters. The number of amides is 2. The number of benzene rings is 2. The fourth-order valence-corrected chi connectivity index (χ4v) is 2.98. The Hall–Kier alpha value is -2.86. The third kappa shape index (κ3) is 3.49. The van der Waals surface area contributed by atoms with E-state index in [0.29, 0.717) is 5.69 Å². The number of carbonyl (C=O) groups is 2. The van der Waals surface area contributed by atoms with E-state index in [1.54, 1.807) is 6.07 Å². The first-order valence-corrected chi connectivity index (χ1v) is 8.20. The van der Waals surface area contributed by atoms with Crippen molar-refractivity contribution in [1.29, 1.82) is 0 Å². The Labute approximate surface area is 149 Å². The van der Waals surface area contributed by atoms with Gasteiger partial charge in [-0.1, -0.05) is 30.7 Å². The molecule has 0 atom stereocenters. The van der Waals surface area contributed by atoms with E-state index in [0.717, 1.165) is 23.3 Å². The molecule has 0 radical (unpaired) electrons. The summed E-state index contributed by atoms with van der Waals surface area (Å²) in [6, 6.07) is 12.3. The molecule has 0 aliphatic heterocycles. The lowest BCUT2D eigenvalue weighted by Crippen LogP contribution is -2.20. The molecule has 1 aromatic heterocycles. The number of carbonyl (C=O) groups excluding carboxylic acids is 2. The standard InChI is InChI=1S/C18H17ClN4O2/c1-2-16-22-14-5-3-4-6-15(14)23(16)10-17(24)21-11-7-8-12(18(20)25)13(19)9-11/h3-9H,2,10H2,1H3,(H2,20,25)(H,21,24). The first-order chi connectivity index (χ1) is 12.0. The van der Waals surface area contributed by atoms with Gasteiger partial charge in [-0.05, 0) is 30.3 Å². The molecule has 128 valence electrons. The molecule has 0 spiro atoms. The predicted octanol–water partition coefficient (Wildman–Crippen LogP) is 2.99. The minimum atomic E-state index is -0.611. The highest BCUT2D eigenvalue weighted by Crippen LogP contribution is 2.21. The van der Waals surface area contributed by atoms with Crippen molar-refractivity contribution in [3.8, 4) is 0 Å². The normalized spacial score (nSPS) is 10.8. The monoisotopic (exact) mass is 356 g/mol. The van der Waals surface area contributed by atoms with E-state index < -0.39 is 5.91 Å². The minimum Gasteiger partial charge on any atom is -0.366 e. The number of imidazole rings is 1. The van der Waals surface area contributed by atoms with E-state index in [-0.39, 0.29) is 23.0 Å². The number of rotatable bonds is 5.